The average Bonchev–Trinajstić information content (AvgIpc) is 3.43. The molecule has 2 aromatic rings. The summed E-state index contributed by atoms with van der Waals surface area (Å²) in [6.45, 7) is 0.743. The van der Waals surface area contributed by atoms with Gasteiger partial charge >= 0.3 is 0 Å². The van der Waals surface area contributed by atoms with E-state index in [2.05, 4.69) is 10.6 Å². The Balaban J connectivity index is 1.52. The van der Waals surface area contributed by atoms with Crippen LogP contribution in [0.4, 0.5) is 0 Å². The van der Waals surface area contributed by atoms with E-state index in [1.54, 1.807) is 12.1 Å². The molecule has 0 spiro atoms. The van der Waals surface area contributed by atoms with Crippen molar-refractivity contribution in [2.24, 2.45) is 5.92 Å². The molecule has 1 aliphatic rings. The minimum atomic E-state index is -0.230. The molecule has 0 unspecified atom stereocenters. The van der Waals surface area contributed by atoms with Crippen LogP contribution in [0.15, 0.2) is 54.6 Å². The van der Waals surface area contributed by atoms with Crippen LogP contribution in [-0.2, 0) is 4.79 Å². The van der Waals surface area contributed by atoms with Crippen molar-refractivity contribution in [1.29, 1.82) is 0 Å². The first kappa shape index (κ1) is 15.3. The summed E-state index contributed by atoms with van der Waals surface area (Å²) in [6, 6.07) is 17.4. The number of hydrogen-bond acceptors (Lipinski definition) is 2. The van der Waals surface area contributed by atoms with Crippen LogP contribution in [0.3, 0.4) is 0 Å². The van der Waals surface area contributed by atoms with E-state index in [1.807, 2.05) is 42.5 Å². The molecule has 1 saturated carbocycles. The van der Waals surface area contributed by atoms with Gasteiger partial charge in [0, 0.05) is 12.1 Å². The van der Waals surface area contributed by atoms with Gasteiger partial charge in [0.1, 0.15) is 0 Å². The summed E-state index contributed by atoms with van der Waals surface area (Å²) in [5.41, 5.74) is 2.72. The Morgan fingerprint density at radius 3 is 2.17 bits per heavy atom. The molecule has 4 heteroatoms. The highest BCUT2D eigenvalue weighted by Gasteiger charge is 2.21. The zero-order valence-electron chi connectivity index (χ0n) is 12.9. The zero-order chi connectivity index (χ0) is 16.1. The molecule has 118 valence electrons. The minimum Gasteiger partial charge on any atom is -0.354 e. The lowest BCUT2D eigenvalue weighted by Gasteiger charge is -2.07. The first-order chi connectivity index (χ1) is 11.2. The number of rotatable bonds is 6. The van der Waals surface area contributed by atoms with Crippen LogP contribution in [0.1, 0.15) is 23.2 Å². The van der Waals surface area contributed by atoms with E-state index in [0.717, 1.165) is 17.7 Å². The van der Waals surface area contributed by atoms with Gasteiger partial charge < -0.3 is 10.6 Å². The van der Waals surface area contributed by atoms with Gasteiger partial charge in [0.05, 0.1) is 6.54 Å². The first-order valence-corrected chi connectivity index (χ1v) is 7.93. The van der Waals surface area contributed by atoms with Crippen molar-refractivity contribution in [2.75, 3.05) is 13.1 Å². The lowest BCUT2D eigenvalue weighted by molar-refractivity contribution is -0.120. The van der Waals surface area contributed by atoms with E-state index >= 15 is 0 Å². The highest BCUT2D eigenvalue weighted by molar-refractivity contribution is 5.96. The van der Waals surface area contributed by atoms with Crippen molar-refractivity contribution >= 4 is 11.8 Å². The lowest BCUT2D eigenvalue weighted by atomic mass is 10.0. The summed E-state index contributed by atoms with van der Waals surface area (Å²) >= 11 is 0. The van der Waals surface area contributed by atoms with Crippen molar-refractivity contribution in [3.8, 4) is 11.1 Å². The highest BCUT2D eigenvalue weighted by Crippen LogP contribution is 2.27. The van der Waals surface area contributed by atoms with E-state index in [0.29, 0.717) is 11.5 Å². The van der Waals surface area contributed by atoms with E-state index in [-0.39, 0.29) is 18.4 Å². The fourth-order valence-electron chi connectivity index (χ4n) is 2.35. The monoisotopic (exact) mass is 308 g/mol. The summed E-state index contributed by atoms with van der Waals surface area (Å²) in [7, 11) is 0. The molecule has 23 heavy (non-hydrogen) atoms. The number of nitrogens with one attached hydrogen (secondary N) is 2. The van der Waals surface area contributed by atoms with Crippen molar-refractivity contribution in [3.63, 3.8) is 0 Å². The predicted octanol–water partition coefficient (Wildman–Crippen LogP) is 2.61. The number of amides is 2. The third-order valence-corrected chi connectivity index (χ3v) is 3.95. The highest BCUT2D eigenvalue weighted by atomic mass is 16.2. The molecule has 0 saturated heterocycles. The molecular weight excluding hydrogens is 288 g/mol. The van der Waals surface area contributed by atoms with Gasteiger partial charge in [-0.3, -0.25) is 9.59 Å². The summed E-state index contributed by atoms with van der Waals surface area (Å²) in [6.07, 6.45) is 2.39. The normalized spacial score (nSPS) is 13.4. The predicted molar refractivity (Wildman–Crippen MR) is 89.9 cm³/mol. The number of benzene rings is 2. The lowest BCUT2D eigenvalue weighted by Crippen LogP contribution is -2.37. The average molecular weight is 308 g/mol. The molecule has 0 radical (unpaired) electrons. The fourth-order valence-corrected chi connectivity index (χ4v) is 2.35. The summed E-state index contributed by atoms with van der Waals surface area (Å²) in [4.78, 5) is 23.7. The molecule has 1 fully saturated rings. The van der Waals surface area contributed by atoms with Gasteiger partial charge in [-0.05, 0) is 42.0 Å². The van der Waals surface area contributed by atoms with Gasteiger partial charge in [0.25, 0.3) is 5.91 Å². The van der Waals surface area contributed by atoms with Crippen LogP contribution in [0.5, 0.6) is 0 Å². The second kappa shape index (κ2) is 7.09. The molecule has 2 aromatic carbocycles. The Kier molecular flexibility index (Phi) is 4.71. The van der Waals surface area contributed by atoms with Crippen molar-refractivity contribution in [1.82, 2.24) is 10.6 Å². The summed E-state index contributed by atoms with van der Waals surface area (Å²) in [5, 5.41) is 5.48. The fraction of sp³-hybridized carbons (Fsp3) is 0.263. The summed E-state index contributed by atoms with van der Waals surface area (Å²) < 4.78 is 0. The smallest absolute Gasteiger partial charge is 0.251 e. The van der Waals surface area contributed by atoms with Crippen LogP contribution in [0, 0.1) is 5.92 Å². The van der Waals surface area contributed by atoms with Gasteiger partial charge in [0.2, 0.25) is 5.91 Å². The topological polar surface area (TPSA) is 58.2 Å². The Morgan fingerprint density at radius 2 is 1.52 bits per heavy atom. The minimum absolute atomic E-state index is 0.0198. The van der Waals surface area contributed by atoms with Crippen molar-refractivity contribution < 1.29 is 9.59 Å². The van der Waals surface area contributed by atoms with Gasteiger partial charge in [-0.2, -0.15) is 0 Å². The van der Waals surface area contributed by atoms with E-state index in [1.165, 1.54) is 12.8 Å². The van der Waals surface area contributed by atoms with E-state index in [4.69, 9.17) is 0 Å². The Labute approximate surface area is 135 Å². The number of hydrogen-bond donors (Lipinski definition) is 2. The van der Waals surface area contributed by atoms with Crippen molar-refractivity contribution in [3.05, 3.63) is 60.2 Å². The molecule has 4 nitrogen and oxygen atoms in total. The maximum atomic E-state index is 12.1. The second-order valence-electron chi connectivity index (χ2n) is 5.87. The first-order valence-electron chi connectivity index (χ1n) is 7.93. The third-order valence-electron chi connectivity index (χ3n) is 3.95. The molecule has 1 aliphatic carbocycles. The van der Waals surface area contributed by atoms with Gasteiger partial charge in [0.15, 0.2) is 0 Å². The van der Waals surface area contributed by atoms with Gasteiger partial charge in [-0.1, -0.05) is 42.5 Å². The quantitative estimate of drug-likeness (QED) is 0.862. The Morgan fingerprint density at radius 1 is 0.870 bits per heavy atom. The number of carbonyl (C=O) groups is 2. The third kappa shape index (κ3) is 4.42. The Bertz CT molecular complexity index is 676. The molecule has 0 heterocycles. The largest absolute Gasteiger partial charge is 0.354 e. The standard InChI is InChI=1S/C19H20N2O2/c22-18(20-12-14-6-7-14)13-21-19(23)17-10-8-16(9-11-17)15-4-2-1-3-5-15/h1-5,8-11,14H,6-7,12-13H2,(H,20,22)(H,21,23). The van der Waals surface area contributed by atoms with E-state index in [9.17, 15) is 9.59 Å². The summed E-state index contributed by atoms with van der Waals surface area (Å²) in [5.74, 6) is 0.275. The van der Waals surface area contributed by atoms with Crippen LogP contribution < -0.4 is 10.6 Å². The molecule has 3 rings (SSSR count). The molecular formula is C19H20N2O2. The molecule has 0 atom stereocenters. The maximum Gasteiger partial charge on any atom is 0.251 e. The molecule has 0 aromatic heterocycles. The molecule has 2 amide bonds. The SMILES string of the molecule is O=C(CNC(=O)c1ccc(-c2ccccc2)cc1)NCC1CC1. The van der Waals surface area contributed by atoms with Crippen LogP contribution in [0.25, 0.3) is 11.1 Å². The van der Waals surface area contributed by atoms with Crippen LogP contribution in [0.2, 0.25) is 0 Å². The van der Waals surface area contributed by atoms with Crippen molar-refractivity contribution in [2.45, 2.75) is 12.8 Å². The zero-order valence-corrected chi connectivity index (χ0v) is 12.9. The Hall–Kier alpha value is -2.62. The molecule has 2 N–H and O–H groups in total. The van der Waals surface area contributed by atoms with Gasteiger partial charge in [-0.15, -0.1) is 0 Å². The second-order valence-corrected chi connectivity index (χ2v) is 5.87. The molecule has 0 bridgehead atoms. The van der Waals surface area contributed by atoms with Crippen LogP contribution in [-0.4, -0.2) is 24.9 Å². The molecule has 0 aliphatic heterocycles. The van der Waals surface area contributed by atoms with Crippen LogP contribution >= 0.6 is 0 Å². The maximum absolute atomic E-state index is 12.1. The van der Waals surface area contributed by atoms with E-state index < -0.39 is 0 Å². The van der Waals surface area contributed by atoms with Gasteiger partial charge in [-0.25, -0.2) is 0 Å². The number of carbonyl (C=O) groups excluding carboxylic acids is 2.